The van der Waals surface area contributed by atoms with Crippen molar-refractivity contribution in [2.45, 2.75) is 13.8 Å². The third kappa shape index (κ3) is 3.98. The molecule has 0 fully saturated rings. The van der Waals surface area contributed by atoms with Crippen LogP contribution in [-0.2, 0) is 4.79 Å². The molecule has 0 atom stereocenters. The molecule has 138 valence electrons. The van der Waals surface area contributed by atoms with Gasteiger partial charge in [-0.25, -0.2) is 4.79 Å². The lowest BCUT2D eigenvalue weighted by atomic mass is 10.1. The Balaban J connectivity index is 1.78. The highest BCUT2D eigenvalue weighted by molar-refractivity contribution is 6.48. The Morgan fingerprint density at radius 2 is 1.67 bits per heavy atom. The summed E-state index contributed by atoms with van der Waals surface area (Å²) in [7, 11) is 0. The van der Waals surface area contributed by atoms with Gasteiger partial charge < -0.3 is 20.9 Å². The van der Waals surface area contributed by atoms with Crippen LogP contribution < -0.4 is 16.0 Å². The number of ketones is 1. The van der Waals surface area contributed by atoms with E-state index in [0.717, 1.165) is 5.52 Å². The molecule has 7 nitrogen and oxygen atoms in total. The number of aromatic amines is 1. The number of fused-ring (bicyclic) bond motifs is 1. The maximum absolute atomic E-state index is 12.7. The normalized spacial score (nSPS) is 10.4. The van der Waals surface area contributed by atoms with Crippen LogP contribution in [-0.4, -0.2) is 29.3 Å². The SMILES string of the molecule is CCNC(=O)Nc1cccc(NC(=O)C(=O)c2c(C)[nH]c3ccccc23)c1. The van der Waals surface area contributed by atoms with Crippen molar-refractivity contribution in [1.82, 2.24) is 10.3 Å². The Labute approximate surface area is 156 Å². The number of H-pyrrole nitrogens is 1. The topological polar surface area (TPSA) is 103 Å². The molecule has 0 aliphatic rings. The van der Waals surface area contributed by atoms with Gasteiger partial charge in [0, 0.05) is 34.5 Å². The zero-order valence-corrected chi connectivity index (χ0v) is 15.1. The fraction of sp³-hybridized carbons (Fsp3) is 0.150. The van der Waals surface area contributed by atoms with E-state index in [0.29, 0.717) is 34.6 Å². The van der Waals surface area contributed by atoms with Gasteiger partial charge in [-0.3, -0.25) is 9.59 Å². The van der Waals surface area contributed by atoms with Gasteiger partial charge in [0.25, 0.3) is 11.7 Å². The molecule has 1 aromatic heterocycles. The summed E-state index contributed by atoms with van der Waals surface area (Å²) in [6, 6.07) is 13.6. The number of aryl methyl sites for hydroxylation is 1. The summed E-state index contributed by atoms with van der Waals surface area (Å²) < 4.78 is 0. The summed E-state index contributed by atoms with van der Waals surface area (Å²) in [6.45, 7) is 4.08. The number of urea groups is 1. The van der Waals surface area contributed by atoms with Crippen LogP contribution in [0.15, 0.2) is 48.5 Å². The Hall–Kier alpha value is -3.61. The maximum atomic E-state index is 12.7. The van der Waals surface area contributed by atoms with E-state index in [-0.39, 0.29) is 6.03 Å². The number of hydrogen-bond donors (Lipinski definition) is 4. The van der Waals surface area contributed by atoms with Crippen LogP contribution in [0.25, 0.3) is 10.9 Å². The van der Waals surface area contributed by atoms with Gasteiger partial charge in [0.15, 0.2) is 0 Å². The average molecular weight is 364 g/mol. The van der Waals surface area contributed by atoms with E-state index >= 15 is 0 Å². The number of amides is 3. The molecule has 1 heterocycles. The van der Waals surface area contributed by atoms with Gasteiger partial charge in [0.05, 0.1) is 5.56 Å². The van der Waals surface area contributed by atoms with Crippen molar-refractivity contribution in [3.63, 3.8) is 0 Å². The van der Waals surface area contributed by atoms with E-state index in [9.17, 15) is 14.4 Å². The third-order valence-corrected chi connectivity index (χ3v) is 4.04. The average Bonchev–Trinajstić information content (AvgIpc) is 2.97. The first kappa shape index (κ1) is 18.2. The number of aromatic nitrogens is 1. The van der Waals surface area contributed by atoms with Gasteiger partial charge in [-0.05, 0) is 38.1 Å². The van der Waals surface area contributed by atoms with Crippen molar-refractivity contribution in [3.05, 3.63) is 59.8 Å². The minimum absolute atomic E-state index is 0.341. The Morgan fingerprint density at radius 3 is 2.41 bits per heavy atom. The van der Waals surface area contributed by atoms with Crippen LogP contribution in [0, 0.1) is 6.92 Å². The summed E-state index contributed by atoms with van der Waals surface area (Å²) in [5, 5.41) is 8.58. The minimum Gasteiger partial charge on any atom is -0.358 e. The number of Topliss-reactive ketones (excluding diaryl/α,β-unsaturated/α-hetero) is 1. The van der Waals surface area contributed by atoms with Crippen molar-refractivity contribution in [3.8, 4) is 0 Å². The van der Waals surface area contributed by atoms with Crippen molar-refractivity contribution >= 4 is 40.0 Å². The second-order valence-corrected chi connectivity index (χ2v) is 6.02. The van der Waals surface area contributed by atoms with Gasteiger partial charge >= 0.3 is 6.03 Å². The molecule has 0 aliphatic carbocycles. The monoisotopic (exact) mass is 364 g/mol. The second-order valence-electron chi connectivity index (χ2n) is 6.02. The highest BCUT2D eigenvalue weighted by Crippen LogP contribution is 2.23. The minimum atomic E-state index is -0.738. The largest absolute Gasteiger partial charge is 0.358 e. The lowest BCUT2D eigenvalue weighted by molar-refractivity contribution is -0.112. The van der Waals surface area contributed by atoms with E-state index in [4.69, 9.17) is 0 Å². The lowest BCUT2D eigenvalue weighted by Gasteiger charge is -2.09. The smallest absolute Gasteiger partial charge is 0.319 e. The van der Waals surface area contributed by atoms with Crippen LogP contribution >= 0.6 is 0 Å². The summed E-state index contributed by atoms with van der Waals surface area (Å²) >= 11 is 0. The Bertz CT molecular complexity index is 1020. The lowest BCUT2D eigenvalue weighted by Crippen LogP contribution is -2.28. The van der Waals surface area contributed by atoms with Gasteiger partial charge in [0.1, 0.15) is 0 Å². The van der Waals surface area contributed by atoms with E-state index in [1.54, 1.807) is 37.3 Å². The molecule has 3 aromatic rings. The van der Waals surface area contributed by atoms with E-state index in [2.05, 4.69) is 20.9 Å². The first-order chi connectivity index (χ1) is 13.0. The van der Waals surface area contributed by atoms with Crippen LogP contribution in [0.4, 0.5) is 16.2 Å². The van der Waals surface area contributed by atoms with Crippen molar-refractivity contribution in [1.29, 1.82) is 0 Å². The first-order valence-electron chi connectivity index (χ1n) is 8.57. The zero-order chi connectivity index (χ0) is 19.4. The number of nitrogens with one attached hydrogen (secondary N) is 4. The number of anilines is 2. The number of para-hydroxylation sites is 1. The number of carbonyl (C=O) groups excluding carboxylic acids is 3. The Kier molecular flexibility index (Phi) is 5.21. The van der Waals surface area contributed by atoms with Crippen molar-refractivity contribution < 1.29 is 14.4 Å². The molecule has 0 radical (unpaired) electrons. The van der Waals surface area contributed by atoms with Gasteiger partial charge in [-0.1, -0.05) is 24.3 Å². The molecule has 3 rings (SSSR count). The maximum Gasteiger partial charge on any atom is 0.319 e. The van der Waals surface area contributed by atoms with Crippen LogP contribution in [0.2, 0.25) is 0 Å². The van der Waals surface area contributed by atoms with Crippen molar-refractivity contribution in [2.75, 3.05) is 17.2 Å². The molecular formula is C20H20N4O3. The molecule has 0 aliphatic heterocycles. The quantitative estimate of drug-likeness (QED) is 0.412. The van der Waals surface area contributed by atoms with Crippen LogP contribution in [0.5, 0.6) is 0 Å². The summed E-state index contributed by atoms with van der Waals surface area (Å²) in [6.07, 6.45) is 0. The van der Waals surface area contributed by atoms with E-state index in [1.165, 1.54) is 0 Å². The van der Waals surface area contributed by atoms with E-state index < -0.39 is 11.7 Å². The molecule has 27 heavy (non-hydrogen) atoms. The predicted molar refractivity (Wildman–Crippen MR) is 105 cm³/mol. The molecule has 0 saturated carbocycles. The molecule has 0 bridgehead atoms. The molecule has 4 N–H and O–H groups in total. The van der Waals surface area contributed by atoms with Crippen LogP contribution in [0.3, 0.4) is 0 Å². The summed E-state index contributed by atoms with van der Waals surface area (Å²) in [5.74, 6) is -1.36. The standard InChI is InChI=1S/C20H20N4O3/c1-3-21-20(27)24-14-8-6-7-13(11-14)23-19(26)18(25)17-12(2)22-16-10-5-4-9-15(16)17/h4-11,22H,3H2,1-2H3,(H,23,26)(H2,21,24,27). The molecular weight excluding hydrogens is 344 g/mol. The van der Waals surface area contributed by atoms with Gasteiger partial charge in [-0.15, -0.1) is 0 Å². The molecule has 7 heteroatoms. The molecule has 0 spiro atoms. The second kappa shape index (κ2) is 7.74. The number of carbonyl (C=O) groups is 3. The predicted octanol–water partition coefficient (Wildman–Crippen LogP) is 3.44. The summed E-state index contributed by atoms with van der Waals surface area (Å²) in [4.78, 5) is 39.9. The fourth-order valence-corrected chi connectivity index (χ4v) is 2.88. The highest BCUT2D eigenvalue weighted by atomic mass is 16.2. The first-order valence-corrected chi connectivity index (χ1v) is 8.57. The van der Waals surface area contributed by atoms with Crippen LogP contribution in [0.1, 0.15) is 23.0 Å². The number of benzene rings is 2. The van der Waals surface area contributed by atoms with Crippen molar-refractivity contribution in [2.24, 2.45) is 0 Å². The highest BCUT2D eigenvalue weighted by Gasteiger charge is 2.22. The number of hydrogen-bond acceptors (Lipinski definition) is 3. The molecule has 2 aromatic carbocycles. The van der Waals surface area contributed by atoms with Gasteiger partial charge in [0.2, 0.25) is 0 Å². The molecule has 3 amide bonds. The Morgan fingerprint density at radius 1 is 0.963 bits per heavy atom. The van der Waals surface area contributed by atoms with E-state index in [1.807, 2.05) is 25.1 Å². The number of rotatable bonds is 5. The zero-order valence-electron chi connectivity index (χ0n) is 15.1. The van der Waals surface area contributed by atoms with Gasteiger partial charge in [-0.2, -0.15) is 0 Å². The fourth-order valence-electron chi connectivity index (χ4n) is 2.88. The third-order valence-electron chi connectivity index (χ3n) is 4.04. The molecule has 0 unspecified atom stereocenters. The molecule has 0 saturated heterocycles. The summed E-state index contributed by atoms with van der Waals surface area (Å²) in [5.41, 5.74) is 2.73.